The molecule has 2 aliphatic rings. The maximum Gasteiger partial charge on any atom is 0.0820 e. The van der Waals surface area contributed by atoms with Gasteiger partial charge in [-0.15, -0.1) is 0 Å². The van der Waals surface area contributed by atoms with Crippen molar-refractivity contribution in [2.45, 2.75) is 76.5 Å². The summed E-state index contributed by atoms with van der Waals surface area (Å²) < 4.78 is 5.68. The number of hydrogen-bond donors (Lipinski definition) is 2. The first-order valence-corrected chi connectivity index (χ1v) is 7.48. The molecule has 1 atom stereocenters. The Morgan fingerprint density at radius 2 is 1.89 bits per heavy atom. The molecule has 2 rings (SSSR count). The fourth-order valence-electron chi connectivity index (χ4n) is 3.40. The number of nitrogens with one attached hydrogen (secondary N) is 1. The van der Waals surface area contributed by atoms with Crippen molar-refractivity contribution in [2.75, 3.05) is 13.2 Å². The van der Waals surface area contributed by atoms with Crippen molar-refractivity contribution in [3.8, 4) is 0 Å². The molecule has 1 saturated heterocycles. The van der Waals surface area contributed by atoms with Gasteiger partial charge in [-0.25, -0.2) is 0 Å². The number of ether oxygens (including phenoxy) is 1. The van der Waals surface area contributed by atoms with E-state index in [0.29, 0.717) is 12.6 Å². The second kappa shape index (κ2) is 5.48. The van der Waals surface area contributed by atoms with E-state index < -0.39 is 5.60 Å². The van der Waals surface area contributed by atoms with Gasteiger partial charge < -0.3 is 15.2 Å². The van der Waals surface area contributed by atoms with Gasteiger partial charge in [0.1, 0.15) is 0 Å². The van der Waals surface area contributed by atoms with Crippen LogP contribution in [0.3, 0.4) is 0 Å². The Labute approximate surface area is 111 Å². The molecule has 3 nitrogen and oxygen atoms in total. The Bertz CT molecular complexity index is 272. The zero-order valence-electron chi connectivity index (χ0n) is 12.2. The molecule has 0 aromatic carbocycles. The van der Waals surface area contributed by atoms with Crippen LogP contribution in [-0.2, 0) is 4.74 Å². The van der Waals surface area contributed by atoms with E-state index >= 15 is 0 Å². The minimum atomic E-state index is -0.579. The summed E-state index contributed by atoms with van der Waals surface area (Å²) in [6, 6.07) is 0.608. The van der Waals surface area contributed by atoms with E-state index in [-0.39, 0.29) is 5.60 Å². The molecule has 3 heteroatoms. The van der Waals surface area contributed by atoms with Gasteiger partial charge in [0.2, 0.25) is 0 Å². The van der Waals surface area contributed by atoms with Crippen molar-refractivity contribution < 1.29 is 9.84 Å². The standard InChI is InChI=1S/C15H29NO2/c1-12-4-6-13(7-5-12)16-11-15(17)8-9-18-14(2,3)10-15/h12-13,16-17H,4-11H2,1-3H3/t12?,13?,15-/m0/s1. The van der Waals surface area contributed by atoms with Crippen molar-refractivity contribution in [3.63, 3.8) is 0 Å². The molecule has 1 aliphatic heterocycles. The Kier molecular flexibility index (Phi) is 4.35. The lowest BCUT2D eigenvalue weighted by atomic mass is 9.83. The third kappa shape index (κ3) is 3.94. The molecule has 18 heavy (non-hydrogen) atoms. The first-order chi connectivity index (χ1) is 8.39. The van der Waals surface area contributed by atoms with Crippen LogP contribution in [0.4, 0.5) is 0 Å². The molecule has 1 saturated carbocycles. The van der Waals surface area contributed by atoms with Crippen LogP contribution in [0.15, 0.2) is 0 Å². The second-order valence-corrected chi connectivity index (χ2v) is 7.10. The predicted octanol–water partition coefficient (Wildman–Crippen LogP) is 2.47. The molecule has 106 valence electrons. The summed E-state index contributed by atoms with van der Waals surface area (Å²) in [6.45, 7) is 7.87. The molecular formula is C15H29NO2. The van der Waals surface area contributed by atoms with E-state index in [1.807, 2.05) is 0 Å². The lowest BCUT2D eigenvalue weighted by Crippen LogP contribution is -2.53. The molecule has 0 spiro atoms. The molecule has 2 fully saturated rings. The van der Waals surface area contributed by atoms with Crippen LogP contribution in [0.25, 0.3) is 0 Å². The summed E-state index contributed by atoms with van der Waals surface area (Å²) in [5.41, 5.74) is -0.763. The number of aliphatic hydroxyl groups is 1. The highest BCUT2D eigenvalue weighted by Crippen LogP contribution is 2.32. The largest absolute Gasteiger partial charge is 0.388 e. The zero-order valence-corrected chi connectivity index (χ0v) is 12.2. The smallest absolute Gasteiger partial charge is 0.0820 e. The van der Waals surface area contributed by atoms with Crippen LogP contribution in [0.1, 0.15) is 59.3 Å². The van der Waals surface area contributed by atoms with E-state index in [0.717, 1.165) is 25.3 Å². The normalized spacial score (nSPS) is 40.7. The molecule has 0 amide bonds. The van der Waals surface area contributed by atoms with E-state index in [1.54, 1.807) is 0 Å². The van der Waals surface area contributed by atoms with Crippen LogP contribution in [-0.4, -0.2) is 35.5 Å². The Hall–Kier alpha value is -0.120. The van der Waals surface area contributed by atoms with Gasteiger partial charge in [0, 0.05) is 25.4 Å². The first kappa shape index (κ1) is 14.3. The third-order valence-corrected chi connectivity index (χ3v) is 4.55. The van der Waals surface area contributed by atoms with E-state index in [2.05, 4.69) is 26.1 Å². The topological polar surface area (TPSA) is 41.5 Å². The third-order valence-electron chi connectivity index (χ3n) is 4.55. The number of hydrogen-bond acceptors (Lipinski definition) is 3. The Morgan fingerprint density at radius 3 is 2.50 bits per heavy atom. The Balaban J connectivity index is 1.78. The van der Waals surface area contributed by atoms with Gasteiger partial charge in [0.25, 0.3) is 0 Å². The average Bonchev–Trinajstić information content (AvgIpc) is 2.27. The van der Waals surface area contributed by atoms with Gasteiger partial charge >= 0.3 is 0 Å². The first-order valence-electron chi connectivity index (χ1n) is 7.48. The van der Waals surface area contributed by atoms with Crippen LogP contribution in [0, 0.1) is 5.92 Å². The molecular weight excluding hydrogens is 226 g/mol. The molecule has 0 aromatic heterocycles. The van der Waals surface area contributed by atoms with Gasteiger partial charge in [-0.2, -0.15) is 0 Å². The number of rotatable bonds is 3. The summed E-state index contributed by atoms with van der Waals surface area (Å²) >= 11 is 0. The van der Waals surface area contributed by atoms with Gasteiger partial charge in [0.05, 0.1) is 17.8 Å². The molecule has 2 N–H and O–H groups in total. The lowest BCUT2D eigenvalue weighted by Gasteiger charge is -2.42. The zero-order chi connectivity index (χ0) is 13.2. The van der Waals surface area contributed by atoms with Crippen molar-refractivity contribution in [3.05, 3.63) is 0 Å². The lowest BCUT2D eigenvalue weighted by molar-refractivity contribution is -0.143. The second-order valence-electron chi connectivity index (χ2n) is 7.10. The van der Waals surface area contributed by atoms with Gasteiger partial charge in [-0.3, -0.25) is 0 Å². The van der Waals surface area contributed by atoms with Crippen molar-refractivity contribution in [1.82, 2.24) is 5.32 Å². The van der Waals surface area contributed by atoms with Crippen molar-refractivity contribution >= 4 is 0 Å². The van der Waals surface area contributed by atoms with Crippen LogP contribution in [0.5, 0.6) is 0 Å². The average molecular weight is 255 g/mol. The summed E-state index contributed by atoms with van der Waals surface area (Å²) in [5, 5.41) is 14.2. The maximum absolute atomic E-state index is 10.6. The Morgan fingerprint density at radius 1 is 1.22 bits per heavy atom. The SMILES string of the molecule is CC1CCC(NC[C@]2(O)CCOC(C)(C)C2)CC1. The fraction of sp³-hybridized carbons (Fsp3) is 1.00. The highest BCUT2D eigenvalue weighted by atomic mass is 16.5. The highest BCUT2D eigenvalue weighted by molar-refractivity contribution is 4.93. The van der Waals surface area contributed by atoms with Gasteiger partial charge in [-0.1, -0.05) is 6.92 Å². The van der Waals surface area contributed by atoms with Crippen molar-refractivity contribution in [2.24, 2.45) is 5.92 Å². The maximum atomic E-state index is 10.6. The highest BCUT2D eigenvalue weighted by Gasteiger charge is 2.39. The minimum Gasteiger partial charge on any atom is -0.388 e. The van der Waals surface area contributed by atoms with Crippen molar-refractivity contribution in [1.29, 1.82) is 0 Å². The van der Waals surface area contributed by atoms with E-state index in [1.165, 1.54) is 25.7 Å². The molecule has 1 aliphatic carbocycles. The molecule has 0 aromatic rings. The minimum absolute atomic E-state index is 0.185. The quantitative estimate of drug-likeness (QED) is 0.814. The summed E-state index contributed by atoms with van der Waals surface area (Å²) in [4.78, 5) is 0. The summed E-state index contributed by atoms with van der Waals surface area (Å²) in [7, 11) is 0. The summed E-state index contributed by atoms with van der Waals surface area (Å²) in [6.07, 6.45) is 6.66. The fourth-order valence-corrected chi connectivity index (χ4v) is 3.40. The molecule has 0 unspecified atom stereocenters. The molecule has 1 heterocycles. The molecule has 0 bridgehead atoms. The van der Waals surface area contributed by atoms with Crippen LogP contribution in [0.2, 0.25) is 0 Å². The summed E-state index contributed by atoms with van der Waals surface area (Å²) in [5.74, 6) is 0.883. The van der Waals surface area contributed by atoms with E-state index in [9.17, 15) is 5.11 Å². The van der Waals surface area contributed by atoms with Crippen LogP contribution >= 0.6 is 0 Å². The van der Waals surface area contributed by atoms with Crippen LogP contribution < -0.4 is 5.32 Å². The van der Waals surface area contributed by atoms with Gasteiger partial charge in [0.15, 0.2) is 0 Å². The van der Waals surface area contributed by atoms with E-state index in [4.69, 9.17) is 4.74 Å². The predicted molar refractivity (Wildman–Crippen MR) is 73.6 cm³/mol. The van der Waals surface area contributed by atoms with Gasteiger partial charge in [-0.05, 0) is 45.4 Å². The molecule has 0 radical (unpaired) electrons. The monoisotopic (exact) mass is 255 g/mol.